The minimum atomic E-state index is -0.938. The standard InChI is InChI=1S/C27H40N5O4P/c1-7-23-24(36-37(15-9-13-28-6)32(19(2)3)20(4)5)16-25(35-23)31-18-22(26(33)30-27(31)34)12-11-21-10-8-14-29-17-21/h8,10,14,17-20,23-25H,7,9,11-13,15-16H2,1-5H3,(H,30,33,34)/t23-,24?,25-,37?/m1/s1. The average molecular weight is 530 g/mol. The summed E-state index contributed by atoms with van der Waals surface area (Å²) in [6.07, 6.45) is 8.34. The molecule has 0 saturated carbocycles. The van der Waals surface area contributed by atoms with Crippen LogP contribution in [0, 0.1) is 6.57 Å². The lowest BCUT2D eigenvalue weighted by atomic mass is 10.1. The van der Waals surface area contributed by atoms with E-state index >= 15 is 0 Å². The summed E-state index contributed by atoms with van der Waals surface area (Å²) in [7, 11) is -0.938. The summed E-state index contributed by atoms with van der Waals surface area (Å²) in [5.41, 5.74) is 0.733. The van der Waals surface area contributed by atoms with Crippen LogP contribution >= 0.6 is 8.30 Å². The molecule has 9 nitrogen and oxygen atoms in total. The fourth-order valence-corrected chi connectivity index (χ4v) is 7.29. The molecule has 10 heteroatoms. The summed E-state index contributed by atoms with van der Waals surface area (Å²) in [5.74, 6) is 0. The Hall–Kier alpha value is -2.37. The van der Waals surface area contributed by atoms with Gasteiger partial charge in [-0.25, -0.2) is 11.4 Å². The molecule has 2 aromatic heterocycles. The van der Waals surface area contributed by atoms with Crippen LogP contribution in [0.25, 0.3) is 4.85 Å². The van der Waals surface area contributed by atoms with Crippen LogP contribution in [0.2, 0.25) is 0 Å². The molecule has 2 unspecified atom stereocenters. The van der Waals surface area contributed by atoms with Crippen LogP contribution in [0.15, 0.2) is 40.3 Å². The van der Waals surface area contributed by atoms with E-state index in [9.17, 15) is 9.59 Å². The van der Waals surface area contributed by atoms with Gasteiger partial charge in [0.05, 0.1) is 12.2 Å². The van der Waals surface area contributed by atoms with Crippen LogP contribution < -0.4 is 11.2 Å². The Labute approximate surface area is 220 Å². The molecule has 0 amide bonds. The van der Waals surface area contributed by atoms with Crippen molar-refractivity contribution in [3.8, 4) is 0 Å². The van der Waals surface area contributed by atoms with Gasteiger partial charge in [0.25, 0.3) is 5.56 Å². The van der Waals surface area contributed by atoms with Gasteiger partial charge >= 0.3 is 5.69 Å². The third-order valence-electron chi connectivity index (χ3n) is 6.53. The number of nitrogens with zero attached hydrogens (tertiary/aromatic N) is 4. The van der Waals surface area contributed by atoms with Crippen LogP contribution in [0.1, 0.15) is 71.2 Å². The third kappa shape index (κ3) is 7.81. The van der Waals surface area contributed by atoms with Gasteiger partial charge in [-0.15, -0.1) is 0 Å². The Kier molecular flexibility index (Phi) is 11.0. The van der Waals surface area contributed by atoms with Crippen LogP contribution in [-0.4, -0.2) is 56.2 Å². The molecule has 3 heterocycles. The Morgan fingerprint density at radius 2 is 2.05 bits per heavy atom. The molecule has 1 aliphatic heterocycles. The van der Waals surface area contributed by atoms with E-state index in [0.717, 1.165) is 24.6 Å². The lowest BCUT2D eigenvalue weighted by molar-refractivity contribution is -0.0179. The van der Waals surface area contributed by atoms with Crippen molar-refractivity contribution in [1.82, 2.24) is 19.2 Å². The molecule has 0 bridgehead atoms. The molecular formula is C27H40N5O4P. The maximum Gasteiger partial charge on any atom is 0.330 e. The number of pyridine rings is 1. The fraction of sp³-hybridized carbons (Fsp3) is 0.630. The highest BCUT2D eigenvalue weighted by Crippen LogP contribution is 2.49. The third-order valence-corrected chi connectivity index (χ3v) is 9.18. The molecule has 202 valence electrons. The van der Waals surface area contributed by atoms with Gasteiger partial charge in [-0.05, 0) is 58.6 Å². The molecule has 3 rings (SSSR count). The molecule has 1 fully saturated rings. The number of hydrogen-bond acceptors (Lipinski definition) is 6. The Bertz CT molecular complexity index is 1140. The van der Waals surface area contributed by atoms with Crippen molar-refractivity contribution in [3.05, 3.63) is 74.1 Å². The second-order valence-corrected chi connectivity index (χ2v) is 11.8. The Balaban J connectivity index is 1.79. The molecule has 1 N–H and O–H groups in total. The van der Waals surface area contributed by atoms with Crippen LogP contribution in [0.4, 0.5) is 0 Å². The topological polar surface area (TPSA) is 93.8 Å². The average Bonchev–Trinajstić information content (AvgIpc) is 3.26. The van der Waals surface area contributed by atoms with Gasteiger partial charge in [-0.2, -0.15) is 0 Å². The van der Waals surface area contributed by atoms with Gasteiger partial charge in [0.1, 0.15) is 14.5 Å². The first kappa shape index (κ1) is 29.2. The van der Waals surface area contributed by atoms with E-state index in [2.05, 4.69) is 54.1 Å². The molecule has 1 saturated heterocycles. The summed E-state index contributed by atoms with van der Waals surface area (Å²) in [6, 6.07) is 4.45. The largest absolute Gasteiger partial charge is 0.352 e. The Morgan fingerprint density at radius 3 is 2.68 bits per heavy atom. The molecule has 4 atom stereocenters. The summed E-state index contributed by atoms with van der Waals surface area (Å²) in [6.45, 7) is 18.4. The van der Waals surface area contributed by atoms with E-state index in [4.69, 9.17) is 15.8 Å². The first-order valence-electron chi connectivity index (χ1n) is 13.2. The normalized spacial score (nSPS) is 20.6. The molecule has 1 aliphatic rings. The first-order valence-corrected chi connectivity index (χ1v) is 14.6. The van der Waals surface area contributed by atoms with Crippen molar-refractivity contribution in [1.29, 1.82) is 0 Å². The number of hydrogen-bond donors (Lipinski definition) is 1. The fourth-order valence-electron chi connectivity index (χ4n) is 4.86. The minimum Gasteiger partial charge on any atom is -0.352 e. The van der Waals surface area contributed by atoms with Crippen molar-refractivity contribution >= 4 is 8.30 Å². The smallest absolute Gasteiger partial charge is 0.330 e. The number of ether oxygens (including phenoxy) is 1. The first-order chi connectivity index (χ1) is 17.7. The lowest BCUT2D eigenvalue weighted by Crippen LogP contribution is -2.36. The molecule has 0 spiro atoms. The summed E-state index contributed by atoms with van der Waals surface area (Å²) in [4.78, 5) is 35.4. The quantitative estimate of drug-likeness (QED) is 0.233. The molecular weight excluding hydrogens is 489 g/mol. The number of aryl methyl sites for hydroxylation is 2. The van der Waals surface area contributed by atoms with Gasteiger partial charge in [0.2, 0.25) is 6.54 Å². The van der Waals surface area contributed by atoms with Gasteiger partial charge in [-0.3, -0.25) is 24.0 Å². The molecule has 2 aromatic rings. The highest BCUT2D eigenvalue weighted by Gasteiger charge is 2.39. The predicted molar refractivity (Wildman–Crippen MR) is 147 cm³/mol. The Morgan fingerprint density at radius 1 is 1.30 bits per heavy atom. The summed E-state index contributed by atoms with van der Waals surface area (Å²) < 4.78 is 17.0. The monoisotopic (exact) mass is 529 g/mol. The zero-order valence-corrected chi connectivity index (χ0v) is 23.5. The number of nitrogens with one attached hydrogen (secondary N) is 1. The predicted octanol–water partition coefficient (Wildman–Crippen LogP) is 4.54. The van der Waals surface area contributed by atoms with E-state index < -0.39 is 20.2 Å². The van der Waals surface area contributed by atoms with E-state index in [1.165, 1.54) is 4.57 Å². The van der Waals surface area contributed by atoms with Crippen LogP contribution in [0.3, 0.4) is 0 Å². The summed E-state index contributed by atoms with van der Waals surface area (Å²) >= 11 is 0. The minimum absolute atomic E-state index is 0.158. The van der Waals surface area contributed by atoms with E-state index in [1.54, 1.807) is 18.6 Å². The highest BCUT2D eigenvalue weighted by molar-refractivity contribution is 7.50. The SMILES string of the molecule is [C-]#[N+]CCCP(OC1C[C@H](n2cc(CCc3cccnc3)c(=O)[nH]c2=O)O[C@@H]1CC)N(C(C)C)C(C)C. The lowest BCUT2D eigenvalue weighted by Gasteiger charge is -2.38. The number of aromatic nitrogens is 3. The molecule has 37 heavy (non-hydrogen) atoms. The zero-order valence-electron chi connectivity index (χ0n) is 22.6. The van der Waals surface area contributed by atoms with Crippen LogP contribution in [-0.2, 0) is 22.1 Å². The van der Waals surface area contributed by atoms with Crippen molar-refractivity contribution < 1.29 is 9.26 Å². The number of aromatic amines is 1. The highest BCUT2D eigenvalue weighted by atomic mass is 31.2. The van der Waals surface area contributed by atoms with E-state index in [0.29, 0.717) is 43.5 Å². The van der Waals surface area contributed by atoms with Crippen molar-refractivity contribution in [2.75, 3.05) is 12.7 Å². The second kappa shape index (κ2) is 14.0. The van der Waals surface area contributed by atoms with Gasteiger partial charge < -0.3 is 14.1 Å². The van der Waals surface area contributed by atoms with Gasteiger partial charge in [0, 0.05) is 55.2 Å². The summed E-state index contributed by atoms with van der Waals surface area (Å²) in [5, 5.41) is 0. The van der Waals surface area contributed by atoms with Crippen LogP contribution in [0.5, 0.6) is 0 Å². The van der Waals surface area contributed by atoms with Crippen molar-refractivity contribution in [3.63, 3.8) is 0 Å². The van der Waals surface area contributed by atoms with E-state index in [1.807, 2.05) is 12.1 Å². The van der Waals surface area contributed by atoms with Crippen molar-refractivity contribution in [2.45, 2.75) is 97.2 Å². The number of H-pyrrole nitrogens is 1. The second-order valence-electron chi connectivity index (χ2n) is 9.98. The zero-order chi connectivity index (χ0) is 26.9. The van der Waals surface area contributed by atoms with Gasteiger partial charge in [0.15, 0.2) is 0 Å². The maximum absolute atomic E-state index is 12.8. The molecule has 0 aliphatic carbocycles. The molecule has 0 radical (unpaired) electrons. The van der Waals surface area contributed by atoms with Crippen molar-refractivity contribution in [2.24, 2.45) is 0 Å². The molecule has 0 aromatic carbocycles. The van der Waals surface area contributed by atoms with E-state index in [-0.39, 0.29) is 17.8 Å². The number of rotatable bonds is 13. The van der Waals surface area contributed by atoms with Gasteiger partial charge in [-0.1, -0.05) is 13.0 Å². The maximum atomic E-state index is 12.8.